The van der Waals surface area contributed by atoms with E-state index in [4.69, 9.17) is 4.74 Å². The summed E-state index contributed by atoms with van der Waals surface area (Å²) in [6.45, 7) is 3.92. The lowest BCUT2D eigenvalue weighted by Gasteiger charge is -2.40. The Bertz CT molecular complexity index is 1220. The van der Waals surface area contributed by atoms with E-state index >= 15 is 0 Å². The highest BCUT2D eigenvalue weighted by atomic mass is 19.1. The Hall–Kier alpha value is -3.27. The number of halogens is 2. The van der Waals surface area contributed by atoms with Gasteiger partial charge in [0.1, 0.15) is 17.7 Å². The van der Waals surface area contributed by atoms with E-state index in [9.17, 15) is 13.6 Å². The first kappa shape index (κ1) is 21.3. The Kier molecular flexibility index (Phi) is 5.32. The fourth-order valence-electron chi connectivity index (χ4n) is 4.91. The van der Waals surface area contributed by atoms with Gasteiger partial charge in [0.05, 0.1) is 38.2 Å². The number of likely N-dealkylation sites (tertiary alicyclic amines) is 1. The predicted molar refractivity (Wildman–Crippen MR) is 124 cm³/mol. The summed E-state index contributed by atoms with van der Waals surface area (Å²) in [6, 6.07) is 5.90. The predicted octanol–water partition coefficient (Wildman–Crippen LogP) is 3.61. The van der Waals surface area contributed by atoms with Crippen molar-refractivity contribution in [3.63, 3.8) is 0 Å². The third-order valence-electron chi connectivity index (χ3n) is 7.15. The first-order valence-electron chi connectivity index (χ1n) is 11.7. The third-order valence-corrected chi connectivity index (χ3v) is 7.15. The minimum Gasteiger partial charge on any atom is -0.381 e. The first-order valence-corrected chi connectivity index (χ1v) is 11.7. The number of nitrogens with one attached hydrogen (secondary N) is 1. The van der Waals surface area contributed by atoms with Crippen molar-refractivity contribution < 1.29 is 18.3 Å². The molecule has 2 aromatic heterocycles. The molecule has 0 unspecified atom stereocenters. The molecule has 3 aliphatic heterocycles. The van der Waals surface area contributed by atoms with Gasteiger partial charge in [-0.15, -0.1) is 5.10 Å². The van der Waals surface area contributed by atoms with Crippen LogP contribution in [-0.2, 0) is 4.74 Å². The molecule has 3 saturated heterocycles. The maximum atomic E-state index is 14.6. The number of carbonyl (C=O) groups is 1. The molecule has 3 aromatic rings. The molecular formula is C24H26F2N6O2. The molecule has 0 aliphatic carbocycles. The van der Waals surface area contributed by atoms with Gasteiger partial charge in [-0.25, -0.2) is 23.2 Å². The largest absolute Gasteiger partial charge is 0.381 e. The number of hydrogen-bond acceptors (Lipinski definition) is 5. The van der Waals surface area contributed by atoms with Crippen LogP contribution in [0.3, 0.4) is 0 Å². The van der Waals surface area contributed by atoms with Crippen LogP contribution in [-0.4, -0.2) is 71.3 Å². The summed E-state index contributed by atoms with van der Waals surface area (Å²) >= 11 is 0. The van der Waals surface area contributed by atoms with Crippen molar-refractivity contribution in [2.45, 2.75) is 19.0 Å². The van der Waals surface area contributed by atoms with Gasteiger partial charge in [-0.05, 0) is 43.0 Å². The number of fused-ring (bicyclic) bond motifs is 1. The van der Waals surface area contributed by atoms with Crippen LogP contribution in [0.15, 0.2) is 36.7 Å². The molecule has 0 radical (unpaired) electrons. The number of aromatic nitrogens is 3. The number of amides is 2. The van der Waals surface area contributed by atoms with Crippen LogP contribution in [0.1, 0.15) is 12.8 Å². The molecule has 5 heterocycles. The molecule has 6 rings (SSSR count). The van der Waals surface area contributed by atoms with Crippen molar-refractivity contribution >= 4 is 28.4 Å². The fraction of sp³-hybridized carbons (Fsp3) is 0.458. The summed E-state index contributed by atoms with van der Waals surface area (Å²) in [4.78, 5) is 20.4. The topological polar surface area (TPSA) is 75.5 Å². The van der Waals surface area contributed by atoms with Gasteiger partial charge in [0.2, 0.25) is 0 Å². The Balaban J connectivity index is 1.19. The molecule has 8 nitrogen and oxygen atoms in total. The van der Waals surface area contributed by atoms with Gasteiger partial charge in [-0.1, -0.05) is 0 Å². The lowest BCUT2D eigenvalue weighted by Crippen LogP contribution is -2.53. The van der Waals surface area contributed by atoms with Crippen LogP contribution in [0, 0.1) is 17.7 Å². The number of alkyl halides is 1. The van der Waals surface area contributed by atoms with Crippen molar-refractivity contribution in [3.8, 4) is 5.69 Å². The standard InChI is InChI=1S/C24H26F2N6O2/c25-18-11-31(12-18)24(33)28-19-1-2-21(26)22(8-19)32-10-16-7-20(9-27-23(16)29-32)30-5-3-15(4-6-30)17-13-34-14-17/h1-2,7-10,15,17-18H,3-6,11-14H2,(H,28,33). The van der Waals surface area contributed by atoms with Gasteiger partial charge < -0.3 is 19.9 Å². The van der Waals surface area contributed by atoms with E-state index in [-0.39, 0.29) is 18.8 Å². The van der Waals surface area contributed by atoms with Crippen LogP contribution in [0.2, 0.25) is 0 Å². The molecule has 2 amide bonds. The highest BCUT2D eigenvalue weighted by Gasteiger charge is 2.32. The molecule has 3 aliphatic rings. The maximum Gasteiger partial charge on any atom is 0.322 e. The molecule has 0 saturated carbocycles. The van der Waals surface area contributed by atoms with Gasteiger partial charge in [0, 0.05) is 36.3 Å². The number of pyridine rings is 1. The highest BCUT2D eigenvalue weighted by Crippen LogP contribution is 2.32. The molecule has 1 N–H and O–H groups in total. The summed E-state index contributed by atoms with van der Waals surface area (Å²) in [7, 11) is 0. The van der Waals surface area contributed by atoms with Crippen LogP contribution >= 0.6 is 0 Å². The quantitative estimate of drug-likeness (QED) is 0.633. The fourth-order valence-corrected chi connectivity index (χ4v) is 4.91. The molecule has 0 atom stereocenters. The second-order valence-electron chi connectivity index (χ2n) is 9.40. The number of urea groups is 1. The number of benzene rings is 1. The minimum atomic E-state index is -0.980. The number of nitrogens with zero attached hydrogens (tertiary/aromatic N) is 5. The Morgan fingerprint density at radius 2 is 1.91 bits per heavy atom. The van der Waals surface area contributed by atoms with Gasteiger partial charge >= 0.3 is 6.03 Å². The number of rotatable bonds is 4. The zero-order chi connectivity index (χ0) is 23.2. The summed E-state index contributed by atoms with van der Waals surface area (Å²) in [5.41, 5.74) is 2.18. The zero-order valence-corrected chi connectivity index (χ0v) is 18.7. The number of anilines is 2. The summed E-state index contributed by atoms with van der Waals surface area (Å²) in [6.07, 6.45) is 4.89. The van der Waals surface area contributed by atoms with Crippen molar-refractivity contribution in [2.24, 2.45) is 11.8 Å². The average molecular weight is 469 g/mol. The third kappa shape index (κ3) is 3.96. The second-order valence-corrected chi connectivity index (χ2v) is 9.40. The Labute approximate surface area is 195 Å². The highest BCUT2D eigenvalue weighted by molar-refractivity contribution is 5.90. The number of carbonyl (C=O) groups excluding carboxylic acids is 1. The van der Waals surface area contributed by atoms with Gasteiger partial charge in [-0.3, -0.25) is 0 Å². The minimum absolute atomic E-state index is 0.0745. The molecule has 0 spiro atoms. The first-order chi connectivity index (χ1) is 16.5. The number of piperidine rings is 1. The Morgan fingerprint density at radius 1 is 1.12 bits per heavy atom. The van der Waals surface area contributed by atoms with E-state index in [1.165, 1.54) is 27.8 Å². The van der Waals surface area contributed by atoms with Gasteiger partial charge in [-0.2, -0.15) is 0 Å². The zero-order valence-electron chi connectivity index (χ0n) is 18.7. The smallest absolute Gasteiger partial charge is 0.322 e. The van der Waals surface area contributed by atoms with E-state index in [1.54, 1.807) is 6.20 Å². The summed E-state index contributed by atoms with van der Waals surface area (Å²) < 4.78 is 34.5. The monoisotopic (exact) mass is 468 g/mol. The normalized spacial score (nSPS) is 19.8. The molecule has 3 fully saturated rings. The van der Waals surface area contributed by atoms with Crippen LogP contribution in [0.25, 0.3) is 16.7 Å². The van der Waals surface area contributed by atoms with E-state index < -0.39 is 18.0 Å². The van der Waals surface area contributed by atoms with E-state index in [0.29, 0.717) is 17.3 Å². The summed E-state index contributed by atoms with van der Waals surface area (Å²) in [5.74, 6) is 0.975. The maximum absolute atomic E-state index is 14.6. The van der Waals surface area contributed by atoms with Crippen molar-refractivity contribution in [1.82, 2.24) is 19.7 Å². The molecule has 1 aromatic carbocycles. The molecule has 34 heavy (non-hydrogen) atoms. The lowest BCUT2D eigenvalue weighted by atomic mass is 9.83. The van der Waals surface area contributed by atoms with Gasteiger partial charge in [0.25, 0.3) is 0 Å². The Morgan fingerprint density at radius 3 is 2.62 bits per heavy atom. The van der Waals surface area contributed by atoms with Crippen LogP contribution < -0.4 is 10.2 Å². The average Bonchev–Trinajstić information content (AvgIpc) is 3.20. The van der Waals surface area contributed by atoms with Crippen molar-refractivity contribution in [1.29, 1.82) is 0 Å². The van der Waals surface area contributed by atoms with E-state index in [2.05, 4.69) is 20.3 Å². The van der Waals surface area contributed by atoms with E-state index in [1.807, 2.05) is 12.3 Å². The second kappa shape index (κ2) is 8.50. The molecule has 178 valence electrons. The summed E-state index contributed by atoms with van der Waals surface area (Å²) in [5, 5.41) is 7.94. The van der Waals surface area contributed by atoms with Crippen molar-refractivity contribution in [3.05, 3.63) is 42.5 Å². The SMILES string of the molecule is O=C(Nc1ccc(F)c(-n2cc3cc(N4CCC(C5COC5)CC4)cnc3n2)c1)N1CC(F)C1. The number of ether oxygens (including phenoxy) is 1. The van der Waals surface area contributed by atoms with Crippen molar-refractivity contribution in [2.75, 3.05) is 49.6 Å². The van der Waals surface area contributed by atoms with Gasteiger partial charge in [0.15, 0.2) is 5.65 Å². The van der Waals surface area contributed by atoms with Crippen LogP contribution in [0.4, 0.5) is 25.0 Å². The lowest BCUT2D eigenvalue weighted by molar-refractivity contribution is -0.0650. The van der Waals surface area contributed by atoms with E-state index in [0.717, 1.165) is 56.1 Å². The molecule has 10 heteroatoms. The van der Waals surface area contributed by atoms with Crippen LogP contribution in [0.5, 0.6) is 0 Å². The molecular weight excluding hydrogens is 442 g/mol. The molecule has 0 bridgehead atoms. The number of hydrogen-bond donors (Lipinski definition) is 1.